The van der Waals surface area contributed by atoms with Crippen LogP contribution in [0.4, 0.5) is 0 Å². The molecule has 7 nitrogen and oxygen atoms in total. The maximum atomic E-state index is 13.3. The molecule has 154 valence electrons. The molecule has 0 amide bonds. The second-order valence-electron chi connectivity index (χ2n) is 6.92. The molecule has 29 heavy (non-hydrogen) atoms. The summed E-state index contributed by atoms with van der Waals surface area (Å²) in [5, 5.41) is 0. The molecule has 0 spiro atoms. The first kappa shape index (κ1) is 19.7. The minimum Gasteiger partial charge on any atom is -0.486 e. The third-order valence-electron chi connectivity index (χ3n) is 5.13. The Hall–Kier alpha value is -2.58. The summed E-state index contributed by atoms with van der Waals surface area (Å²) >= 11 is 0. The van der Waals surface area contributed by atoms with Gasteiger partial charge in [-0.15, -0.1) is 0 Å². The average molecular weight is 417 g/mol. The summed E-state index contributed by atoms with van der Waals surface area (Å²) in [5.41, 5.74) is 1.22. The fourth-order valence-electron chi connectivity index (χ4n) is 3.74. The summed E-state index contributed by atoms with van der Waals surface area (Å²) in [4.78, 5) is 12.0. The molecule has 2 aromatic carbocycles. The van der Waals surface area contributed by atoms with Crippen molar-refractivity contribution >= 4 is 16.0 Å². The molecule has 4 rings (SSSR count). The Morgan fingerprint density at radius 3 is 2.55 bits per heavy atom. The maximum absolute atomic E-state index is 13.3. The Labute approximate surface area is 170 Å². The predicted octanol–water partition coefficient (Wildman–Crippen LogP) is 3.16. The van der Waals surface area contributed by atoms with Gasteiger partial charge >= 0.3 is 5.97 Å². The molecular formula is C21H23NO6S. The van der Waals surface area contributed by atoms with Gasteiger partial charge in [-0.25, -0.2) is 13.2 Å². The van der Waals surface area contributed by atoms with E-state index in [0.717, 1.165) is 18.4 Å². The molecule has 2 aromatic rings. The lowest BCUT2D eigenvalue weighted by atomic mass is 10.0. The van der Waals surface area contributed by atoms with Crippen LogP contribution in [0.15, 0.2) is 47.4 Å². The zero-order valence-electron chi connectivity index (χ0n) is 16.2. The number of hydrogen-bond acceptors (Lipinski definition) is 6. The van der Waals surface area contributed by atoms with E-state index in [0.29, 0.717) is 36.8 Å². The van der Waals surface area contributed by atoms with Crippen LogP contribution in [0, 0.1) is 0 Å². The number of fused-ring (bicyclic) bond motifs is 1. The lowest BCUT2D eigenvalue weighted by Gasteiger charge is -2.26. The lowest BCUT2D eigenvalue weighted by molar-refractivity contribution is 0.0526. The fourth-order valence-corrected chi connectivity index (χ4v) is 5.42. The minimum atomic E-state index is -3.70. The predicted molar refractivity (Wildman–Crippen MR) is 106 cm³/mol. The van der Waals surface area contributed by atoms with Crippen molar-refractivity contribution in [1.82, 2.24) is 4.31 Å². The molecule has 2 aliphatic rings. The summed E-state index contributed by atoms with van der Waals surface area (Å²) in [6, 6.07) is 11.2. The maximum Gasteiger partial charge on any atom is 0.338 e. The number of hydrogen-bond donors (Lipinski definition) is 0. The molecule has 0 radical (unpaired) electrons. The van der Waals surface area contributed by atoms with E-state index in [1.807, 2.05) is 18.2 Å². The number of carbonyl (C=O) groups is 1. The van der Waals surface area contributed by atoms with Crippen molar-refractivity contribution in [3.05, 3.63) is 53.6 Å². The topological polar surface area (TPSA) is 82.1 Å². The number of carbonyl (C=O) groups excluding carboxylic acids is 1. The van der Waals surface area contributed by atoms with Crippen molar-refractivity contribution in [3.8, 4) is 11.5 Å². The molecule has 1 atom stereocenters. The molecule has 2 aliphatic heterocycles. The van der Waals surface area contributed by atoms with Crippen molar-refractivity contribution in [1.29, 1.82) is 0 Å². The van der Waals surface area contributed by atoms with Crippen LogP contribution in [0.3, 0.4) is 0 Å². The molecule has 0 aromatic heterocycles. The van der Waals surface area contributed by atoms with Crippen LogP contribution < -0.4 is 9.47 Å². The number of sulfonamides is 1. The molecule has 1 fully saturated rings. The standard InChI is InChI=1S/C21H23NO6S/c1-2-26-21(23)15-5-8-17(9-6-15)29(24,25)22-11-3-4-18(22)16-7-10-19-20(14-16)28-13-12-27-19/h5-10,14,18H,2-4,11-13H2,1H3. The third-order valence-corrected chi connectivity index (χ3v) is 7.05. The van der Waals surface area contributed by atoms with Crippen molar-refractivity contribution < 1.29 is 27.4 Å². The van der Waals surface area contributed by atoms with Crippen LogP contribution in [-0.4, -0.2) is 45.1 Å². The summed E-state index contributed by atoms with van der Waals surface area (Å²) < 4.78 is 44.2. The van der Waals surface area contributed by atoms with E-state index >= 15 is 0 Å². The second-order valence-corrected chi connectivity index (χ2v) is 8.81. The molecular weight excluding hydrogens is 394 g/mol. The van der Waals surface area contributed by atoms with E-state index in [1.54, 1.807) is 6.92 Å². The Bertz CT molecular complexity index is 1000. The lowest BCUT2D eigenvalue weighted by Crippen LogP contribution is -2.30. The molecule has 0 bridgehead atoms. The summed E-state index contributed by atoms with van der Waals surface area (Å²) in [6.07, 6.45) is 1.51. The van der Waals surface area contributed by atoms with Gasteiger partial charge in [-0.2, -0.15) is 4.31 Å². The number of nitrogens with zero attached hydrogens (tertiary/aromatic N) is 1. The van der Waals surface area contributed by atoms with E-state index in [4.69, 9.17) is 14.2 Å². The Morgan fingerprint density at radius 1 is 1.10 bits per heavy atom. The highest BCUT2D eigenvalue weighted by molar-refractivity contribution is 7.89. The summed E-state index contributed by atoms with van der Waals surface area (Å²) in [6.45, 7) is 3.43. The van der Waals surface area contributed by atoms with E-state index in [1.165, 1.54) is 28.6 Å². The van der Waals surface area contributed by atoms with Gasteiger partial charge in [0.2, 0.25) is 10.0 Å². The first-order valence-electron chi connectivity index (χ1n) is 9.69. The highest BCUT2D eigenvalue weighted by Gasteiger charge is 2.36. The normalized spacial score (nSPS) is 19.1. The first-order valence-corrected chi connectivity index (χ1v) is 11.1. The van der Waals surface area contributed by atoms with Crippen LogP contribution in [0.25, 0.3) is 0 Å². The van der Waals surface area contributed by atoms with Gasteiger partial charge in [0.1, 0.15) is 13.2 Å². The number of rotatable bonds is 5. The molecule has 2 heterocycles. The SMILES string of the molecule is CCOC(=O)c1ccc(S(=O)(=O)N2CCCC2c2ccc3c(c2)OCCO3)cc1. The van der Waals surface area contributed by atoms with Gasteiger partial charge in [0.15, 0.2) is 11.5 Å². The number of ether oxygens (including phenoxy) is 3. The van der Waals surface area contributed by atoms with E-state index in [-0.39, 0.29) is 17.5 Å². The summed E-state index contributed by atoms with van der Waals surface area (Å²) in [7, 11) is -3.70. The second kappa shape index (κ2) is 8.04. The van der Waals surface area contributed by atoms with Gasteiger partial charge in [-0.3, -0.25) is 0 Å². The summed E-state index contributed by atoms with van der Waals surface area (Å²) in [5.74, 6) is 0.866. The molecule has 0 N–H and O–H groups in total. The zero-order chi connectivity index (χ0) is 20.4. The van der Waals surface area contributed by atoms with Crippen LogP contribution in [-0.2, 0) is 14.8 Å². The third kappa shape index (κ3) is 3.82. The fraction of sp³-hybridized carbons (Fsp3) is 0.381. The van der Waals surface area contributed by atoms with Crippen molar-refractivity contribution in [2.75, 3.05) is 26.4 Å². The largest absolute Gasteiger partial charge is 0.486 e. The van der Waals surface area contributed by atoms with Gasteiger partial charge in [0.05, 0.1) is 23.1 Å². The first-order chi connectivity index (χ1) is 14.0. The molecule has 1 unspecified atom stereocenters. The van der Waals surface area contributed by atoms with Gasteiger partial charge < -0.3 is 14.2 Å². The minimum absolute atomic E-state index is 0.162. The Kier molecular flexibility index (Phi) is 5.47. The number of benzene rings is 2. The highest BCUT2D eigenvalue weighted by atomic mass is 32.2. The van der Waals surface area contributed by atoms with Crippen LogP contribution >= 0.6 is 0 Å². The van der Waals surface area contributed by atoms with Crippen LogP contribution in [0.1, 0.15) is 41.7 Å². The highest BCUT2D eigenvalue weighted by Crippen LogP contribution is 2.40. The molecule has 8 heteroatoms. The van der Waals surface area contributed by atoms with Crippen LogP contribution in [0.5, 0.6) is 11.5 Å². The van der Waals surface area contributed by atoms with Gasteiger partial charge in [0, 0.05) is 6.54 Å². The Balaban J connectivity index is 1.60. The quantitative estimate of drug-likeness (QED) is 0.695. The van der Waals surface area contributed by atoms with Crippen molar-refractivity contribution in [2.45, 2.75) is 30.7 Å². The van der Waals surface area contributed by atoms with Gasteiger partial charge in [-0.05, 0) is 61.7 Å². The van der Waals surface area contributed by atoms with E-state index in [9.17, 15) is 13.2 Å². The average Bonchev–Trinajstić information content (AvgIpc) is 3.24. The van der Waals surface area contributed by atoms with E-state index in [2.05, 4.69) is 0 Å². The molecule has 1 saturated heterocycles. The van der Waals surface area contributed by atoms with Crippen LogP contribution in [0.2, 0.25) is 0 Å². The molecule has 0 aliphatic carbocycles. The van der Waals surface area contributed by atoms with Crippen molar-refractivity contribution in [3.63, 3.8) is 0 Å². The smallest absolute Gasteiger partial charge is 0.338 e. The molecule has 0 saturated carbocycles. The van der Waals surface area contributed by atoms with Gasteiger partial charge in [-0.1, -0.05) is 6.07 Å². The Morgan fingerprint density at radius 2 is 1.83 bits per heavy atom. The monoisotopic (exact) mass is 417 g/mol. The van der Waals surface area contributed by atoms with E-state index < -0.39 is 16.0 Å². The zero-order valence-corrected chi connectivity index (χ0v) is 17.0. The van der Waals surface area contributed by atoms with Gasteiger partial charge in [0.25, 0.3) is 0 Å². The number of esters is 1. The van der Waals surface area contributed by atoms with Crippen molar-refractivity contribution in [2.24, 2.45) is 0 Å².